The number of benzene rings is 1. The average molecular weight is 426 g/mol. The zero-order valence-electron chi connectivity index (χ0n) is 16.6. The highest BCUT2D eigenvalue weighted by molar-refractivity contribution is 5.98. The number of amides is 1. The van der Waals surface area contributed by atoms with Gasteiger partial charge in [-0.05, 0) is 19.4 Å². The molecule has 0 fully saturated rings. The van der Waals surface area contributed by atoms with Gasteiger partial charge in [-0.15, -0.1) is 5.10 Å². The molecule has 10 nitrogen and oxygen atoms in total. The summed E-state index contributed by atoms with van der Waals surface area (Å²) in [6.07, 6.45) is 0.653. The lowest BCUT2D eigenvalue weighted by Gasteiger charge is -2.30. The molecule has 0 saturated heterocycles. The quantitative estimate of drug-likeness (QED) is 0.617. The Bertz CT molecular complexity index is 1030. The van der Waals surface area contributed by atoms with Gasteiger partial charge in [-0.3, -0.25) is 4.79 Å². The molecule has 2 heterocycles. The lowest BCUT2D eigenvalue weighted by molar-refractivity contribution is -0.142. The van der Waals surface area contributed by atoms with Crippen molar-refractivity contribution in [2.75, 3.05) is 31.8 Å². The number of ether oxygens (including phenoxy) is 3. The lowest BCUT2D eigenvalue weighted by atomic mass is 10.2. The molecule has 1 aromatic heterocycles. The smallest absolute Gasteiger partial charge is 0.355 e. The molecule has 30 heavy (non-hydrogen) atoms. The van der Waals surface area contributed by atoms with E-state index in [1.54, 1.807) is 0 Å². The van der Waals surface area contributed by atoms with Crippen LogP contribution in [-0.4, -0.2) is 53.1 Å². The third-order valence-electron chi connectivity index (χ3n) is 4.41. The van der Waals surface area contributed by atoms with Gasteiger partial charge in [-0.1, -0.05) is 6.92 Å². The monoisotopic (exact) mass is 426 g/mol. The Kier molecular flexibility index (Phi) is 6.04. The van der Waals surface area contributed by atoms with Gasteiger partial charge in [0.05, 0.1) is 12.8 Å². The summed E-state index contributed by atoms with van der Waals surface area (Å²) in [5.74, 6) is -0.941. The van der Waals surface area contributed by atoms with Crippen LogP contribution in [0.2, 0.25) is 0 Å². The molecule has 0 unspecified atom stereocenters. The Morgan fingerprint density at radius 3 is 2.63 bits per heavy atom. The summed E-state index contributed by atoms with van der Waals surface area (Å²) in [6.45, 7) is -0.255. The van der Waals surface area contributed by atoms with E-state index in [4.69, 9.17) is 9.47 Å². The molecular formula is C18H20F2N4O6. The summed E-state index contributed by atoms with van der Waals surface area (Å²) in [5, 5.41) is 3.90. The summed E-state index contributed by atoms with van der Waals surface area (Å²) in [5.41, 5.74) is -0.787. The molecule has 0 atom stereocenters. The first kappa shape index (κ1) is 21.3. The van der Waals surface area contributed by atoms with Crippen LogP contribution in [0.1, 0.15) is 25.7 Å². The molecule has 3 rings (SSSR count). The number of anilines is 1. The van der Waals surface area contributed by atoms with E-state index in [0.29, 0.717) is 18.7 Å². The summed E-state index contributed by atoms with van der Waals surface area (Å²) in [7, 11) is 1.18. The number of rotatable bonds is 7. The van der Waals surface area contributed by atoms with E-state index >= 15 is 0 Å². The van der Waals surface area contributed by atoms with E-state index in [2.05, 4.69) is 9.84 Å². The molecule has 2 aromatic rings. The van der Waals surface area contributed by atoms with Crippen molar-refractivity contribution < 1.29 is 32.6 Å². The van der Waals surface area contributed by atoms with Crippen molar-refractivity contribution >= 4 is 17.6 Å². The molecule has 0 saturated carbocycles. The van der Waals surface area contributed by atoms with Gasteiger partial charge in [-0.25, -0.2) is 14.2 Å². The number of esters is 1. The fourth-order valence-corrected chi connectivity index (χ4v) is 3.02. The molecule has 1 amide bonds. The highest BCUT2D eigenvalue weighted by Gasteiger charge is 2.29. The fraction of sp³-hybridized carbons (Fsp3) is 0.444. The van der Waals surface area contributed by atoms with Crippen molar-refractivity contribution in [1.29, 1.82) is 0 Å². The SMILES string of the molecule is CCCN1C(=O)COc2cc(OCC(=O)OC)c(-n3nc(C)n(C(F)F)c3=O)cc21. The first-order valence-electron chi connectivity index (χ1n) is 9.06. The van der Waals surface area contributed by atoms with E-state index in [-0.39, 0.29) is 40.1 Å². The van der Waals surface area contributed by atoms with Crippen LogP contribution in [0.4, 0.5) is 14.5 Å². The maximum atomic E-state index is 13.2. The van der Waals surface area contributed by atoms with E-state index in [1.165, 1.54) is 31.1 Å². The molecule has 162 valence electrons. The number of carbonyl (C=O) groups excluding carboxylic acids is 2. The van der Waals surface area contributed by atoms with Crippen LogP contribution in [0.15, 0.2) is 16.9 Å². The van der Waals surface area contributed by atoms with Gasteiger partial charge < -0.3 is 19.1 Å². The Morgan fingerprint density at radius 2 is 2.03 bits per heavy atom. The predicted molar refractivity (Wildman–Crippen MR) is 99.5 cm³/mol. The highest BCUT2D eigenvalue weighted by atomic mass is 19.3. The first-order valence-corrected chi connectivity index (χ1v) is 9.06. The van der Waals surface area contributed by atoms with Crippen LogP contribution in [0, 0.1) is 6.92 Å². The molecule has 1 aliphatic rings. The van der Waals surface area contributed by atoms with E-state index in [1.807, 2.05) is 6.92 Å². The van der Waals surface area contributed by atoms with Crippen molar-refractivity contribution in [1.82, 2.24) is 14.3 Å². The Balaban J connectivity index is 2.18. The van der Waals surface area contributed by atoms with Crippen LogP contribution >= 0.6 is 0 Å². The largest absolute Gasteiger partial charge is 0.481 e. The van der Waals surface area contributed by atoms with Gasteiger partial charge in [0.1, 0.15) is 23.0 Å². The fourth-order valence-electron chi connectivity index (χ4n) is 3.02. The highest BCUT2D eigenvalue weighted by Crippen LogP contribution is 2.39. The number of aryl methyl sites for hydroxylation is 1. The summed E-state index contributed by atoms with van der Waals surface area (Å²) in [6, 6.07) is 2.77. The van der Waals surface area contributed by atoms with Gasteiger partial charge in [0.15, 0.2) is 13.2 Å². The van der Waals surface area contributed by atoms with E-state index in [0.717, 1.165) is 4.68 Å². The molecule has 1 aromatic carbocycles. The number of hydrogen-bond acceptors (Lipinski definition) is 7. The second kappa shape index (κ2) is 8.51. The minimum absolute atomic E-state index is 0.0223. The lowest BCUT2D eigenvalue weighted by Crippen LogP contribution is -2.39. The molecule has 12 heteroatoms. The predicted octanol–water partition coefficient (Wildman–Crippen LogP) is 1.42. The van der Waals surface area contributed by atoms with Gasteiger partial charge in [0.2, 0.25) is 0 Å². The summed E-state index contributed by atoms with van der Waals surface area (Å²) >= 11 is 0. The van der Waals surface area contributed by atoms with Crippen LogP contribution in [-0.2, 0) is 14.3 Å². The molecule has 0 radical (unpaired) electrons. The van der Waals surface area contributed by atoms with Gasteiger partial charge >= 0.3 is 18.2 Å². The summed E-state index contributed by atoms with van der Waals surface area (Å²) in [4.78, 5) is 37.8. The molecule has 0 aliphatic carbocycles. The first-order chi connectivity index (χ1) is 14.3. The van der Waals surface area contributed by atoms with Gasteiger partial charge in [0, 0.05) is 12.6 Å². The van der Waals surface area contributed by atoms with Crippen molar-refractivity contribution in [3.63, 3.8) is 0 Å². The van der Waals surface area contributed by atoms with Crippen molar-refractivity contribution in [3.8, 4) is 17.2 Å². The number of aromatic nitrogens is 3. The molecule has 0 N–H and O–H groups in total. The number of carbonyl (C=O) groups is 2. The third-order valence-corrected chi connectivity index (χ3v) is 4.41. The van der Waals surface area contributed by atoms with Crippen LogP contribution in [0.3, 0.4) is 0 Å². The van der Waals surface area contributed by atoms with E-state index < -0.39 is 24.8 Å². The average Bonchev–Trinajstić information content (AvgIpc) is 3.01. The van der Waals surface area contributed by atoms with E-state index in [9.17, 15) is 23.2 Å². The molecular weight excluding hydrogens is 406 g/mol. The number of halogens is 2. The standard InChI is InChI=1S/C18H20F2N4O6/c1-4-5-22-11-6-12(24-18(27)23(17(19)20)10(2)21-24)14(30-9-16(26)28-3)7-13(11)29-8-15(22)25/h6-7,17H,4-5,8-9H2,1-3H3. The number of hydrogen-bond donors (Lipinski definition) is 0. The Morgan fingerprint density at radius 1 is 1.30 bits per heavy atom. The molecule has 1 aliphatic heterocycles. The maximum Gasteiger partial charge on any atom is 0.355 e. The van der Waals surface area contributed by atoms with Crippen LogP contribution in [0.5, 0.6) is 11.5 Å². The van der Waals surface area contributed by atoms with Crippen molar-refractivity contribution in [2.24, 2.45) is 0 Å². The maximum absolute atomic E-state index is 13.2. The minimum atomic E-state index is -3.09. The normalized spacial score (nSPS) is 13.3. The second-order valence-corrected chi connectivity index (χ2v) is 6.38. The van der Waals surface area contributed by atoms with Crippen molar-refractivity contribution in [2.45, 2.75) is 26.8 Å². The van der Waals surface area contributed by atoms with Crippen molar-refractivity contribution in [3.05, 3.63) is 28.4 Å². The van der Waals surface area contributed by atoms with Gasteiger partial charge in [0.25, 0.3) is 5.91 Å². The number of alkyl halides is 2. The zero-order valence-corrected chi connectivity index (χ0v) is 16.6. The van der Waals surface area contributed by atoms with Crippen LogP contribution in [0.25, 0.3) is 5.69 Å². The number of nitrogens with zero attached hydrogens (tertiary/aromatic N) is 4. The molecule has 0 bridgehead atoms. The molecule has 0 spiro atoms. The summed E-state index contributed by atoms with van der Waals surface area (Å²) < 4.78 is 42.9. The van der Waals surface area contributed by atoms with Crippen LogP contribution < -0.4 is 20.1 Å². The Labute approximate surface area is 169 Å². The topological polar surface area (TPSA) is 105 Å². The number of methoxy groups -OCH3 is 1. The third kappa shape index (κ3) is 3.84. The van der Waals surface area contributed by atoms with Gasteiger partial charge in [-0.2, -0.15) is 13.5 Å². The zero-order chi connectivity index (χ0) is 22.0. The Hall–Kier alpha value is -3.44. The number of fused-ring (bicyclic) bond motifs is 1. The second-order valence-electron chi connectivity index (χ2n) is 6.38. The minimum Gasteiger partial charge on any atom is -0.481 e.